The first-order valence-electron chi connectivity index (χ1n) is 6.87. The van der Waals surface area contributed by atoms with Crippen molar-refractivity contribution in [1.82, 2.24) is 4.72 Å². The Morgan fingerprint density at radius 2 is 2.05 bits per heavy atom. The molecule has 112 valence electrons. The van der Waals surface area contributed by atoms with Crippen LogP contribution in [0, 0.1) is 18.7 Å². The SMILES string of the molecule is Cc1cc(F)c(S(=O)(=O)NC2CCCC(C)C2)cc1N. The van der Waals surface area contributed by atoms with Crippen molar-refractivity contribution in [3.8, 4) is 0 Å². The van der Waals surface area contributed by atoms with Gasteiger partial charge in [-0.2, -0.15) is 0 Å². The highest BCUT2D eigenvalue weighted by Crippen LogP contribution is 2.26. The summed E-state index contributed by atoms with van der Waals surface area (Å²) in [7, 11) is -3.86. The first-order chi connectivity index (χ1) is 9.29. The molecule has 0 aliphatic heterocycles. The van der Waals surface area contributed by atoms with E-state index in [-0.39, 0.29) is 16.6 Å². The largest absolute Gasteiger partial charge is 0.398 e. The van der Waals surface area contributed by atoms with Crippen LogP contribution in [-0.4, -0.2) is 14.5 Å². The fourth-order valence-electron chi connectivity index (χ4n) is 2.70. The summed E-state index contributed by atoms with van der Waals surface area (Å²) < 4.78 is 41.1. The average molecular weight is 300 g/mol. The minimum Gasteiger partial charge on any atom is -0.398 e. The van der Waals surface area contributed by atoms with Crippen LogP contribution in [0.15, 0.2) is 17.0 Å². The molecule has 1 aromatic carbocycles. The fourth-order valence-corrected chi connectivity index (χ4v) is 4.08. The maximum atomic E-state index is 13.9. The van der Waals surface area contributed by atoms with Crippen LogP contribution >= 0.6 is 0 Å². The van der Waals surface area contributed by atoms with Crippen LogP contribution in [0.25, 0.3) is 0 Å². The molecule has 1 fully saturated rings. The number of sulfonamides is 1. The number of benzene rings is 1. The zero-order chi connectivity index (χ0) is 14.9. The minimum absolute atomic E-state index is 0.120. The van der Waals surface area contributed by atoms with E-state index < -0.39 is 15.8 Å². The smallest absolute Gasteiger partial charge is 0.243 e. The molecule has 0 heterocycles. The Labute approximate surface area is 119 Å². The lowest BCUT2D eigenvalue weighted by Gasteiger charge is -2.27. The number of halogens is 1. The number of hydrogen-bond acceptors (Lipinski definition) is 3. The molecule has 0 saturated heterocycles. The fraction of sp³-hybridized carbons (Fsp3) is 0.571. The van der Waals surface area contributed by atoms with E-state index in [9.17, 15) is 12.8 Å². The van der Waals surface area contributed by atoms with Gasteiger partial charge in [0.15, 0.2) is 0 Å². The second-order valence-electron chi connectivity index (χ2n) is 5.73. The van der Waals surface area contributed by atoms with Gasteiger partial charge in [0, 0.05) is 11.7 Å². The quantitative estimate of drug-likeness (QED) is 0.843. The molecule has 3 N–H and O–H groups in total. The molecule has 2 unspecified atom stereocenters. The number of hydrogen-bond donors (Lipinski definition) is 2. The van der Waals surface area contributed by atoms with Crippen molar-refractivity contribution in [2.45, 2.75) is 50.5 Å². The van der Waals surface area contributed by atoms with Gasteiger partial charge in [0.25, 0.3) is 0 Å². The van der Waals surface area contributed by atoms with Crippen molar-refractivity contribution >= 4 is 15.7 Å². The molecule has 20 heavy (non-hydrogen) atoms. The van der Waals surface area contributed by atoms with Gasteiger partial charge in [-0.1, -0.05) is 19.8 Å². The van der Waals surface area contributed by atoms with Gasteiger partial charge >= 0.3 is 0 Å². The number of rotatable bonds is 3. The number of anilines is 1. The third kappa shape index (κ3) is 3.30. The first kappa shape index (κ1) is 15.3. The Hall–Kier alpha value is -1.14. The Balaban J connectivity index is 2.24. The summed E-state index contributed by atoms with van der Waals surface area (Å²) >= 11 is 0. The zero-order valence-corrected chi connectivity index (χ0v) is 12.6. The average Bonchev–Trinajstić information content (AvgIpc) is 2.33. The zero-order valence-electron chi connectivity index (χ0n) is 11.8. The standard InChI is InChI=1S/C14H21FN2O2S/c1-9-4-3-5-11(6-9)17-20(18,19)14-8-13(16)10(2)7-12(14)15/h7-9,11,17H,3-6,16H2,1-2H3. The lowest BCUT2D eigenvalue weighted by atomic mass is 9.88. The van der Waals surface area contributed by atoms with E-state index in [2.05, 4.69) is 11.6 Å². The van der Waals surface area contributed by atoms with Gasteiger partial charge in [-0.25, -0.2) is 17.5 Å². The molecule has 1 saturated carbocycles. The van der Waals surface area contributed by atoms with Gasteiger partial charge in [0.1, 0.15) is 10.7 Å². The highest BCUT2D eigenvalue weighted by atomic mass is 32.2. The molecule has 0 aromatic heterocycles. The van der Waals surface area contributed by atoms with E-state index in [1.54, 1.807) is 6.92 Å². The Morgan fingerprint density at radius 3 is 2.70 bits per heavy atom. The van der Waals surface area contributed by atoms with E-state index >= 15 is 0 Å². The van der Waals surface area contributed by atoms with Crippen molar-refractivity contribution in [1.29, 1.82) is 0 Å². The topological polar surface area (TPSA) is 72.2 Å². The summed E-state index contributed by atoms with van der Waals surface area (Å²) in [6.07, 6.45) is 3.70. The highest BCUT2D eigenvalue weighted by molar-refractivity contribution is 7.89. The first-order valence-corrected chi connectivity index (χ1v) is 8.36. The predicted molar refractivity (Wildman–Crippen MR) is 77.3 cm³/mol. The van der Waals surface area contributed by atoms with E-state index in [0.29, 0.717) is 11.5 Å². The van der Waals surface area contributed by atoms with Crippen LogP contribution in [0.3, 0.4) is 0 Å². The summed E-state index contributed by atoms with van der Waals surface area (Å²) in [5.74, 6) is -0.266. The summed E-state index contributed by atoms with van der Waals surface area (Å²) in [5.41, 5.74) is 6.50. The van der Waals surface area contributed by atoms with Crippen LogP contribution in [0.4, 0.5) is 10.1 Å². The normalized spacial score (nSPS) is 23.8. The van der Waals surface area contributed by atoms with Gasteiger partial charge < -0.3 is 5.73 Å². The lowest BCUT2D eigenvalue weighted by molar-refractivity contribution is 0.327. The van der Waals surface area contributed by atoms with Crippen LogP contribution in [0.1, 0.15) is 38.2 Å². The second kappa shape index (κ2) is 5.69. The third-order valence-corrected chi connectivity index (χ3v) is 5.40. The molecule has 1 aromatic rings. The molecule has 6 heteroatoms. The Morgan fingerprint density at radius 1 is 1.35 bits per heavy atom. The molecular weight excluding hydrogens is 279 g/mol. The van der Waals surface area contributed by atoms with Gasteiger partial charge in [0.05, 0.1) is 0 Å². The molecule has 0 amide bonds. The molecule has 0 radical (unpaired) electrons. The summed E-state index contributed by atoms with van der Waals surface area (Å²) in [6.45, 7) is 3.75. The van der Waals surface area contributed by atoms with Gasteiger partial charge in [0.2, 0.25) is 10.0 Å². The second-order valence-corrected chi connectivity index (χ2v) is 7.41. The molecule has 2 rings (SSSR count). The molecule has 2 atom stereocenters. The van der Waals surface area contributed by atoms with E-state index in [1.807, 2.05) is 0 Å². The number of nitrogens with two attached hydrogens (primary N) is 1. The number of nitrogens with one attached hydrogen (secondary N) is 1. The van der Waals surface area contributed by atoms with Gasteiger partial charge in [-0.3, -0.25) is 0 Å². The van der Waals surface area contributed by atoms with Crippen molar-refractivity contribution in [2.75, 3.05) is 5.73 Å². The minimum atomic E-state index is -3.86. The van der Waals surface area contributed by atoms with Gasteiger partial charge in [-0.15, -0.1) is 0 Å². The number of aryl methyl sites for hydroxylation is 1. The van der Waals surface area contributed by atoms with Gasteiger partial charge in [-0.05, 0) is 43.4 Å². The van der Waals surface area contributed by atoms with Crippen LogP contribution < -0.4 is 10.5 Å². The number of nitrogen functional groups attached to an aromatic ring is 1. The van der Waals surface area contributed by atoms with Crippen LogP contribution in [0.5, 0.6) is 0 Å². The maximum Gasteiger partial charge on any atom is 0.243 e. The highest BCUT2D eigenvalue weighted by Gasteiger charge is 2.27. The molecule has 0 spiro atoms. The maximum absolute atomic E-state index is 13.9. The predicted octanol–water partition coefficient (Wildman–Crippen LogP) is 2.57. The lowest BCUT2D eigenvalue weighted by Crippen LogP contribution is -2.38. The molecular formula is C14H21FN2O2S. The Bertz CT molecular complexity index is 601. The van der Waals surface area contributed by atoms with E-state index in [1.165, 1.54) is 6.07 Å². The summed E-state index contributed by atoms with van der Waals surface area (Å²) in [5, 5.41) is 0. The monoisotopic (exact) mass is 300 g/mol. The molecule has 1 aliphatic rings. The molecule has 0 bridgehead atoms. The van der Waals surface area contributed by atoms with Crippen molar-refractivity contribution in [3.63, 3.8) is 0 Å². The van der Waals surface area contributed by atoms with E-state index in [0.717, 1.165) is 31.7 Å². The summed E-state index contributed by atoms with van der Waals surface area (Å²) in [6, 6.07) is 2.23. The van der Waals surface area contributed by atoms with Crippen molar-refractivity contribution in [2.24, 2.45) is 5.92 Å². The third-order valence-electron chi connectivity index (χ3n) is 3.87. The van der Waals surface area contributed by atoms with Crippen molar-refractivity contribution < 1.29 is 12.8 Å². The van der Waals surface area contributed by atoms with Crippen molar-refractivity contribution in [3.05, 3.63) is 23.5 Å². The van der Waals surface area contributed by atoms with Crippen LogP contribution in [0.2, 0.25) is 0 Å². The van der Waals surface area contributed by atoms with E-state index in [4.69, 9.17) is 5.73 Å². The van der Waals surface area contributed by atoms with Crippen LogP contribution in [-0.2, 0) is 10.0 Å². The molecule has 4 nitrogen and oxygen atoms in total. The molecule has 1 aliphatic carbocycles. The Kier molecular flexibility index (Phi) is 4.34. The summed E-state index contributed by atoms with van der Waals surface area (Å²) in [4.78, 5) is -0.362.